The van der Waals surface area contributed by atoms with E-state index in [2.05, 4.69) is 28.5 Å². The van der Waals surface area contributed by atoms with E-state index in [4.69, 9.17) is 0 Å². The third-order valence-electron chi connectivity index (χ3n) is 4.22. The van der Waals surface area contributed by atoms with Gasteiger partial charge in [-0.3, -0.25) is 4.79 Å². The Bertz CT molecular complexity index is 818. The molecule has 25 heavy (non-hydrogen) atoms. The highest BCUT2D eigenvalue weighted by atomic mass is 32.2. The maximum absolute atomic E-state index is 12.4. The molecule has 1 aliphatic carbocycles. The van der Waals surface area contributed by atoms with E-state index in [0.29, 0.717) is 10.6 Å². The second-order valence-corrected chi connectivity index (χ2v) is 8.09. The summed E-state index contributed by atoms with van der Waals surface area (Å²) in [7, 11) is 0. The average Bonchev–Trinajstić information content (AvgIpc) is 3.13. The fourth-order valence-electron chi connectivity index (χ4n) is 3.01. The number of carbonyl (C=O) groups excluding carboxylic acids is 1. The van der Waals surface area contributed by atoms with Crippen LogP contribution in [0.3, 0.4) is 0 Å². The Morgan fingerprint density at radius 3 is 2.96 bits per heavy atom. The van der Waals surface area contributed by atoms with E-state index in [9.17, 15) is 10.1 Å². The lowest BCUT2D eigenvalue weighted by atomic mass is 9.96. The number of nitrogens with zero attached hydrogens (tertiary/aromatic N) is 4. The van der Waals surface area contributed by atoms with Crippen molar-refractivity contribution in [3.8, 4) is 6.07 Å². The summed E-state index contributed by atoms with van der Waals surface area (Å²) in [6.45, 7) is 4.86. The number of hydrogen-bond donors (Lipinski definition) is 1. The SMILES string of the molecule is CCCn1c(C)nnc1SCC(=O)Nc1sc2c(c1C#N)CCCC2. The van der Waals surface area contributed by atoms with Crippen LogP contribution in [0.25, 0.3) is 0 Å². The molecule has 0 spiro atoms. The molecule has 1 N–H and O–H groups in total. The van der Waals surface area contributed by atoms with Crippen molar-refractivity contribution in [2.75, 3.05) is 11.1 Å². The Balaban J connectivity index is 1.66. The Hall–Kier alpha value is -1.85. The maximum Gasteiger partial charge on any atom is 0.235 e. The predicted molar refractivity (Wildman–Crippen MR) is 100 cm³/mol. The minimum absolute atomic E-state index is 0.108. The molecule has 2 aromatic heterocycles. The highest BCUT2D eigenvalue weighted by Gasteiger charge is 2.22. The number of nitriles is 1. The summed E-state index contributed by atoms with van der Waals surface area (Å²) in [6.07, 6.45) is 5.23. The molecule has 0 radical (unpaired) electrons. The minimum atomic E-state index is -0.108. The summed E-state index contributed by atoms with van der Waals surface area (Å²) < 4.78 is 2.03. The third-order valence-corrected chi connectivity index (χ3v) is 6.39. The molecule has 8 heteroatoms. The Morgan fingerprint density at radius 2 is 2.20 bits per heavy atom. The number of anilines is 1. The normalized spacial score (nSPS) is 13.3. The summed E-state index contributed by atoms with van der Waals surface area (Å²) in [4.78, 5) is 13.6. The van der Waals surface area contributed by atoms with Crippen LogP contribution in [0.5, 0.6) is 0 Å². The van der Waals surface area contributed by atoms with Gasteiger partial charge in [0.15, 0.2) is 5.16 Å². The fraction of sp³-hybridized carbons (Fsp3) is 0.529. The van der Waals surface area contributed by atoms with Gasteiger partial charge in [-0.15, -0.1) is 21.5 Å². The lowest BCUT2D eigenvalue weighted by molar-refractivity contribution is -0.113. The zero-order valence-corrected chi connectivity index (χ0v) is 16.1. The quantitative estimate of drug-likeness (QED) is 0.781. The summed E-state index contributed by atoms with van der Waals surface area (Å²) in [5.74, 6) is 1.02. The Kier molecular flexibility index (Phi) is 5.76. The number of amides is 1. The average molecular weight is 376 g/mol. The number of nitrogens with one attached hydrogen (secondary N) is 1. The van der Waals surface area contributed by atoms with E-state index in [-0.39, 0.29) is 11.7 Å². The van der Waals surface area contributed by atoms with Crippen LogP contribution in [0.4, 0.5) is 5.00 Å². The first-order valence-corrected chi connectivity index (χ1v) is 10.3. The van der Waals surface area contributed by atoms with E-state index < -0.39 is 0 Å². The van der Waals surface area contributed by atoms with Crippen molar-refractivity contribution in [1.82, 2.24) is 14.8 Å². The molecule has 132 valence electrons. The number of aromatic nitrogens is 3. The zero-order chi connectivity index (χ0) is 17.8. The molecule has 0 aliphatic heterocycles. The van der Waals surface area contributed by atoms with Crippen LogP contribution in [0.1, 0.15) is 48.0 Å². The van der Waals surface area contributed by atoms with Gasteiger partial charge in [0.25, 0.3) is 0 Å². The van der Waals surface area contributed by atoms with Crippen LogP contribution in [-0.4, -0.2) is 26.4 Å². The molecule has 0 aromatic carbocycles. The number of hydrogen-bond acceptors (Lipinski definition) is 6. The van der Waals surface area contributed by atoms with Gasteiger partial charge in [-0.25, -0.2) is 0 Å². The van der Waals surface area contributed by atoms with Crippen LogP contribution in [-0.2, 0) is 24.2 Å². The van der Waals surface area contributed by atoms with Crippen LogP contribution in [0.2, 0.25) is 0 Å². The van der Waals surface area contributed by atoms with Crippen molar-refractivity contribution in [3.05, 3.63) is 21.8 Å². The lowest BCUT2D eigenvalue weighted by Gasteiger charge is -2.09. The molecule has 0 saturated carbocycles. The van der Waals surface area contributed by atoms with Crippen molar-refractivity contribution in [2.24, 2.45) is 0 Å². The van der Waals surface area contributed by atoms with Gasteiger partial charge in [-0.2, -0.15) is 5.26 Å². The van der Waals surface area contributed by atoms with Crippen LogP contribution < -0.4 is 5.32 Å². The van der Waals surface area contributed by atoms with E-state index in [1.165, 1.54) is 16.6 Å². The number of fused-ring (bicyclic) bond motifs is 1. The van der Waals surface area contributed by atoms with Gasteiger partial charge < -0.3 is 9.88 Å². The number of aryl methyl sites for hydroxylation is 2. The smallest absolute Gasteiger partial charge is 0.235 e. The van der Waals surface area contributed by atoms with Crippen LogP contribution >= 0.6 is 23.1 Å². The number of rotatable bonds is 6. The highest BCUT2D eigenvalue weighted by molar-refractivity contribution is 7.99. The monoisotopic (exact) mass is 375 g/mol. The van der Waals surface area contributed by atoms with Gasteiger partial charge in [-0.05, 0) is 44.6 Å². The maximum atomic E-state index is 12.4. The van der Waals surface area contributed by atoms with E-state index in [1.54, 1.807) is 11.3 Å². The van der Waals surface area contributed by atoms with Crippen LogP contribution in [0.15, 0.2) is 5.16 Å². The van der Waals surface area contributed by atoms with Gasteiger partial charge in [0.1, 0.15) is 16.9 Å². The van der Waals surface area contributed by atoms with E-state index in [1.807, 2.05) is 11.5 Å². The molecule has 3 rings (SSSR count). The molecule has 2 aromatic rings. The molecule has 6 nitrogen and oxygen atoms in total. The molecule has 0 bridgehead atoms. The minimum Gasteiger partial charge on any atom is -0.316 e. The first kappa shape index (κ1) is 18.0. The predicted octanol–water partition coefficient (Wildman–Crippen LogP) is 3.54. The summed E-state index contributed by atoms with van der Waals surface area (Å²) in [5, 5.41) is 22.1. The number of thioether (sulfide) groups is 1. The van der Waals surface area contributed by atoms with Crippen molar-refractivity contribution in [3.63, 3.8) is 0 Å². The standard InChI is InChI=1S/C17H21N5OS2/c1-3-8-22-11(2)20-21-17(22)24-10-15(23)19-16-13(9-18)12-6-4-5-7-14(12)25-16/h3-8,10H2,1-2H3,(H,19,23). The molecule has 1 aliphatic rings. The lowest BCUT2D eigenvalue weighted by Crippen LogP contribution is -2.14. The molecule has 0 fully saturated rings. The molecular weight excluding hydrogens is 354 g/mol. The summed E-state index contributed by atoms with van der Waals surface area (Å²) >= 11 is 2.94. The first-order valence-electron chi connectivity index (χ1n) is 8.51. The van der Waals surface area contributed by atoms with Gasteiger partial charge >= 0.3 is 0 Å². The molecular formula is C17H21N5OS2. The van der Waals surface area contributed by atoms with Crippen molar-refractivity contribution < 1.29 is 4.79 Å². The van der Waals surface area contributed by atoms with Crippen molar-refractivity contribution >= 4 is 34.0 Å². The molecule has 0 atom stereocenters. The largest absolute Gasteiger partial charge is 0.316 e. The summed E-state index contributed by atoms with van der Waals surface area (Å²) in [6, 6.07) is 2.27. The van der Waals surface area contributed by atoms with E-state index >= 15 is 0 Å². The second kappa shape index (κ2) is 8.02. The summed E-state index contributed by atoms with van der Waals surface area (Å²) in [5.41, 5.74) is 1.79. The Morgan fingerprint density at radius 1 is 1.40 bits per heavy atom. The Labute approximate surface area is 155 Å². The molecule has 1 amide bonds. The second-order valence-electron chi connectivity index (χ2n) is 6.05. The molecule has 2 heterocycles. The van der Waals surface area contributed by atoms with E-state index in [0.717, 1.165) is 55.2 Å². The topological polar surface area (TPSA) is 83.6 Å². The third kappa shape index (κ3) is 3.88. The fourth-order valence-corrected chi connectivity index (χ4v) is 5.08. The van der Waals surface area contributed by atoms with Gasteiger partial charge in [0.05, 0.1) is 11.3 Å². The van der Waals surface area contributed by atoms with Crippen molar-refractivity contribution in [1.29, 1.82) is 5.26 Å². The molecule has 0 saturated heterocycles. The number of carbonyl (C=O) groups is 1. The van der Waals surface area contributed by atoms with Gasteiger partial charge in [-0.1, -0.05) is 18.7 Å². The van der Waals surface area contributed by atoms with Gasteiger partial charge in [0.2, 0.25) is 5.91 Å². The van der Waals surface area contributed by atoms with Gasteiger partial charge in [0, 0.05) is 11.4 Å². The first-order chi connectivity index (χ1) is 12.1. The zero-order valence-electron chi connectivity index (χ0n) is 14.5. The number of thiophene rings is 1. The van der Waals surface area contributed by atoms with Crippen LogP contribution in [0, 0.1) is 18.3 Å². The highest BCUT2D eigenvalue weighted by Crippen LogP contribution is 2.37. The molecule has 0 unspecified atom stereocenters. The van der Waals surface area contributed by atoms with Crippen molar-refractivity contribution in [2.45, 2.75) is 57.7 Å².